The standard InChI is InChI=1S/C22H21NO4.ClH/c24-19-11-23-13-22(19)17(21(22)15-4-2-1-3-5-15)12-26-16-8-6-14-7-9-20(25)27-18(14)10-16;/h1-10,17,19,21,23-24H,11-13H2;1H/t17-,19-,21-,22-;/m1./s1. The first kappa shape index (κ1) is 19.0. The number of β-amino-alcohol motifs (C(OH)–C–C–N with tert-alkyl or cyclic N) is 1. The summed E-state index contributed by atoms with van der Waals surface area (Å²) in [5, 5.41) is 14.8. The summed E-state index contributed by atoms with van der Waals surface area (Å²) in [5.41, 5.74) is 1.24. The predicted molar refractivity (Wildman–Crippen MR) is 109 cm³/mol. The van der Waals surface area contributed by atoms with Gasteiger partial charge in [-0.2, -0.15) is 0 Å². The monoisotopic (exact) mass is 399 g/mol. The number of hydrogen-bond donors (Lipinski definition) is 2. The maximum Gasteiger partial charge on any atom is 0.336 e. The van der Waals surface area contributed by atoms with Crippen LogP contribution in [-0.2, 0) is 0 Å². The highest BCUT2D eigenvalue weighted by molar-refractivity contribution is 5.85. The third kappa shape index (κ3) is 3.00. The lowest BCUT2D eigenvalue weighted by Gasteiger charge is -2.14. The van der Waals surface area contributed by atoms with Gasteiger partial charge in [-0.05, 0) is 23.8 Å². The van der Waals surface area contributed by atoms with Gasteiger partial charge in [0.05, 0.1) is 12.7 Å². The van der Waals surface area contributed by atoms with E-state index in [0.29, 0.717) is 24.5 Å². The largest absolute Gasteiger partial charge is 0.493 e. The second-order valence-electron chi connectivity index (χ2n) is 7.52. The molecule has 2 fully saturated rings. The number of halogens is 1. The summed E-state index contributed by atoms with van der Waals surface area (Å²) in [4.78, 5) is 11.4. The summed E-state index contributed by atoms with van der Waals surface area (Å²) >= 11 is 0. The molecule has 2 heterocycles. The molecular weight excluding hydrogens is 378 g/mol. The van der Waals surface area contributed by atoms with E-state index in [2.05, 4.69) is 17.4 Å². The Balaban J connectivity index is 0.00000192. The van der Waals surface area contributed by atoms with E-state index in [-0.39, 0.29) is 41.4 Å². The van der Waals surface area contributed by atoms with E-state index in [0.717, 1.165) is 11.9 Å². The van der Waals surface area contributed by atoms with Crippen LogP contribution in [0.15, 0.2) is 69.9 Å². The molecule has 1 spiro atoms. The Morgan fingerprint density at radius 1 is 1.14 bits per heavy atom. The van der Waals surface area contributed by atoms with E-state index in [1.165, 1.54) is 11.6 Å². The summed E-state index contributed by atoms with van der Waals surface area (Å²) < 4.78 is 11.3. The van der Waals surface area contributed by atoms with Crippen LogP contribution in [0.1, 0.15) is 11.5 Å². The fourth-order valence-electron chi connectivity index (χ4n) is 4.74. The van der Waals surface area contributed by atoms with Crippen LogP contribution in [0.2, 0.25) is 0 Å². The molecule has 0 bridgehead atoms. The van der Waals surface area contributed by atoms with Crippen molar-refractivity contribution in [3.8, 4) is 5.75 Å². The highest BCUT2D eigenvalue weighted by Crippen LogP contribution is 2.67. The van der Waals surface area contributed by atoms with Gasteiger partial charge in [-0.3, -0.25) is 0 Å². The summed E-state index contributed by atoms with van der Waals surface area (Å²) in [6, 6.07) is 19.0. The quantitative estimate of drug-likeness (QED) is 0.660. The van der Waals surface area contributed by atoms with E-state index in [1.54, 1.807) is 12.1 Å². The van der Waals surface area contributed by atoms with Crippen molar-refractivity contribution in [2.24, 2.45) is 11.3 Å². The molecule has 3 aromatic rings. The van der Waals surface area contributed by atoms with Crippen molar-refractivity contribution in [3.63, 3.8) is 0 Å². The van der Waals surface area contributed by atoms with Crippen LogP contribution >= 0.6 is 12.4 Å². The average molecular weight is 400 g/mol. The zero-order valence-electron chi connectivity index (χ0n) is 15.2. The van der Waals surface area contributed by atoms with Crippen LogP contribution in [0.3, 0.4) is 0 Å². The van der Waals surface area contributed by atoms with E-state index >= 15 is 0 Å². The van der Waals surface area contributed by atoms with E-state index < -0.39 is 0 Å². The van der Waals surface area contributed by atoms with Crippen molar-refractivity contribution in [2.75, 3.05) is 19.7 Å². The fourth-order valence-corrected chi connectivity index (χ4v) is 4.74. The zero-order chi connectivity index (χ0) is 18.4. The van der Waals surface area contributed by atoms with Crippen molar-refractivity contribution in [1.29, 1.82) is 0 Å². The molecule has 2 aromatic carbocycles. The summed E-state index contributed by atoms with van der Waals surface area (Å²) in [6.07, 6.45) is -0.370. The molecule has 28 heavy (non-hydrogen) atoms. The highest BCUT2D eigenvalue weighted by Gasteiger charge is 2.70. The summed E-state index contributed by atoms with van der Waals surface area (Å²) in [6.45, 7) is 1.94. The molecule has 1 saturated heterocycles. The van der Waals surface area contributed by atoms with Crippen LogP contribution in [-0.4, -0.2) is 30.9 Å². The molecular formula is C22H22ClNO4. The van der Waals surface area contributed by atoms with Crippen molar-refractivity contribution in [3.05, 3.63) is 76.6 Å². The lowest BCUT2D eigenvalue weighted by Crippen LogP contribution is -2.24. The topological polar surface area (TPSA) is 71.7 Å². The maximum atomic E-state index is 11.4. The van der Waals surface area contributed by atoms with Gasteiger partial charge in [0.2, 0.25) is 0 Å². The Kier molecular flexibility index (Phi) is 4.91. The van der Waals surface area contributed by atoms with Gasteiger partial charge >= 0.3 is 5.63 Å². The molecule has 0 radical (unpaired) electrons. The molecule has 1 aliphatic carbocycles. The number of ether oxygens (including phenoxy) is 1. The molecule has 1 saturated carbocycles. The highest BCUT2D eigenvalue weighted by atomic mass is 35.5. The minimum atomic E-state index is -0.370. The number of aliphatic hydroxyl groups is 1. The minimum Gasteiger partial charge on any atom is -0.493 e. The first-order chi connectivity index (χ1) is 13.2. The SMILES string of the molecule is Cl.O=c1ccc2ccc(OC[C@@H]3[C@@H](c4ccccc4)[C@]34CNC[C@H]4O)cc2o1. The third-order valence-electron chi connectivity index (χ3n) is 6.13. The summed E-state index contributed by atoms with van der Waals surface area (Å²) in [5.74, 6) is 1.19. The Morgan fingerprint density at radius 2 is 1.93 bits per heavy atom. The Hall–Kier alpha value is -2.34. The maximum absolute atomic E-state index is 11.4. The molecule has 146 valence electrons. The average Bonchev–Trinajstić information content (AvgIpc) is 3.19. The molecule has 5 nitrogen and oxygen atoms in total. The van der Waals surface area contributed by atoms with Crippen molar-refractivity contribution in [1.82, 2.24) is 5.32 Å². The van der Waals surface area contributed by atoms with Crippen LogP contribution in [0.5, 0.6) is 5.75 Å². The van der Waals surface area contributed by atoms with Crippen molar-refractivity contribution < 1.29 is 14.3 Å². The molecule has 2 N–H and O–H groups in total. The fraction of sp³-hybridized carbons (Fsp3) is 0.318. The predicted octanol–water partition coefficient (Wildman–Crippen LogP) is 2.96. The number of rotatable bonds is 4. The van der Waals surface area contributed by atoms with Crippen molar-refractivity contribution >= 4 is 23.4 Å². The second-order valence-corrected chi connectivity index (χ2v) is 7.52. The number of nitrogens with one attached hydrogen (secondary N) is 1. The van der Waals surface area contributed by atoms with Gasteiger partial charge in [0.15, 0.2) is 0 Å². The van der Waals surface area contributed by atoms with Gasteiger partial charge in [-0.15, -0.1) is 12.4 Å². The Labute approximate surface area is 168 Å². The lowest BCUT2D eigenvalue weighted by molar-refractivity contribution is 0.115. The van der Waals surface area contributed by atoms with E-state index in [4.69, 9.17) is 9.15 Å². The van der Waals surface area contributed by atoms with Gasteiger partial charge < -0.3 is 19.6 Å². The number of hydrogen-bond acceptors (Lipinski definition) is 5. The normalized spacial score (nSPS) is 28.2. The van der Waals surface area contributed by atoms with Gasteiger partial charge in [-0.1, -0.05) is 30.3 Å². The van der Waals surface area contributed by atoms with Gasteiger partial charge in [0.25, 0.3) is 0 Å². The van der Waals surface area contributed by atoms with Crippen molar-refractivity contribution in [2.45, 2.75) is 12.0 Å². The van der Waals surface area contributed by atoms with Gasteiger partial charge in [0, 0.05) is 47.9 Å². The van der Waals surface area contributed by atoms with Crippen LogP contribution in [0.4, 0.5) is 0 Å². The third-order valence-corrected chi connectivity index (χ3v) is 6.13. The Bertz CT molecular complexity index is 1040. The van der Waals surface area contributed by atoms with Crippen LogP contribution < -0.4 is 15.7 Å². The van der Waals surface area contributed by atoms with E-state index in [1.807, 2.05) is 30.3 Å². The molecule has 4 atom stereocenters. The Morgan fingerprint density at radius 3 is 2.68 bits per heavy atom. The number of fused-ring (bicyclic) bond motifs is 1. The smallest absolute Gasteiger partial charge is 0.336 e. The molecule has 2 aliphatic rings. The number of benzene rings is 2. The van der Waals surface area contributed by atoms with Gasteiger partial charge in [-0.25, -0.2) is 4.79 Å². The second kappa shape index (κ2) is 7.24. The van der Waals surface area contributed by atoms with Crippen LogP contribution in [0.25, 0.3) is 11.0 Å². The molecule has 1 aliphatic heterocycles. The molecule has 0 amide bonds. The first-order valence-electron chi connectivity index (χ1n) is 9.29. The first-order valence-corrected chi connectivity index (χ1v) is 9.29. The van der Waals surface area contributed by atoms with Crippen LogP contribution in [0, 0.1) is 11.3 Å². The zero-order valence-corrected chi connectivity index (χ0v) is 16.0. The van der Waals surface area contributed by atoms with E-state index in [9.17, 15) is 9.90 Å². The number of aliphatic hydroxyl groups excluding tert-OH is 1. The molecule has 0 unspecified atom stereocenters. The summed E-state index contributed by atoms with van der Waals surface area (Å²) in [7, 11) is 0. The molecule has 6 heteroatoms. The van der Waals surface area contributed by atoms with Gasteiger partial charge in [0.1, 0.15) is 11.3 Å². The lowest BCUT2D eigenvalue weighted by atomic mass is 9.95. The molecule has 1 aromatic heterocycles. The minimum absolute atomic E-state index is 0. The molecule has 5 rings (SSSR count).